The first kappa shape index (κ1) is 21.6. The highest BCUT2D eigenvalue weighted by atomic mass is 32.2. The molecule has 1 saturated heterocycles. The summed E-state index contributed by atoms with van der Waals surface area (Å²) in [7, 11) is -3.69. The Morgan fingerprint density at radius 1 is 1.06 bits per heavy atom. The maximum atomic E-state index is 12.7. The van der Waals surface area contributed by atoms with Gasteiger partial charge in [-0.1, -0.05) is 12.1 Å². The number of benzene rings is 2. The van der Waals surface area contributed by atoms with Crippen molar-refractivity contribution in [1.29, 1.82) is 0 Å². The fourth-order valence-corrected chi connectivity index (χ4v) is 5.33. The van der Waals surface area contributed by atoms with Crippen molar-refractivity contribution in [3.05, 3.63) is 63.7 Å². The van der Waals surface area contributed by atoms with Crippen LogP contribution in [0.15, 0.2) is 47.4 Å². The number of hydrogen-bond donors (Lipinski definition) is 1. The van der Waals surface area contributed by atoms with Crippen molar-refractivity contribution in [3.8, 4) is 0 Å². The van der Waals surface area contributed by atoms with Crippen LogP contribution >= 0.6 is 0 Å². The molecule has 4 rings (SSSR count). The molecule has 2 aliphatic heterocycles. The van der Waals surface area contributed by atoms with Crippen molar-refractivity contribution in [2.45, 2.75) is 17.7 Å². The van der Waals surface area contributed by atoms with Gasteiger partial charge in [0.05, 0.1) is 15.4 Å². The van der Waals surface area contributed by atoms with Gasteiger partial charge in [-0.3, -0.25) is 29.4 Å². The molecule has 1 N–H and O–H groups in total. The van der Waals surface area contributed by atoms with Crippen LogP contribution in [0.5, 0.6) is 0 Å². The zero-order valence-corrected chi connectivity index (χ0v) is 17.5. The monoisotopic (exact) mass is 458 g/mol. The fourth-order valence-electron chi connectivity index (χ4n) is 3.77. The molecule has 0 radical (unpaired) electrons. The van der Waals surface area contributed by atoms with Crippen LogP contribution < -0.4 is 5.32 Å². The maximum absolute atomic E-state index is 12.7. The first-order chi connectivity index (χ1) is 15.2. The average molecular weight is 458 g/mol. The number of carbonyl (C=O) groups excluding carboxylic acids is 3. The molecule has 12 heteroatoms. The highest BCUT2D eigenvalue weighted by molar-refractivity contribution is 7.89. The van der Waals surface area contributed by atoms with E-state index in [4.69, 9.17) is 0 Å². The van der Waals surface area contributed by atoms with Crippen LogP contribution in [0.1, 0.15) is 33.6 Å². The van der Waals surface area contributed by atoms with Gasteiger partial charge in [0, 0.05) is 24.8 Å². The number of rotatable bonds is 6. The van der Waals surface area contributed by atoms with E-state index in [1.54, 1.807) is 0 Å². The predicted octanol–water partition coefficient (Wildman–Crippen LogP) is 1.61. The van der Waals surface area contributed by atoms with Crippen molar-refractivity contribution in [2.24, 2.45) is 0 Å². The number of nitro benzene ring substituents is 1. The summed E-state index contributed by atoms with van der Waals surface area (Å²) in [5.41, 5.74) is -0.828. The van der Waals surface area contributed by atoms with Gasteiger partial charge >= 0.3 is 0 Å². The normalized spacial score (nSPS) is 16.3. The van der Waals surface area contributed by atoms with Crippen LogP contribution in [0.25, 0.3) is 0 Å². The third kappa shape index (κ3) is 3.74. The Bertz CT molecular complexity index is 1250. The molecule has 2 aromatic rings. The van der Waals surface area contributed by atoms with Gasteiger partial charge in [-0.25, -0.2) is 8.42 Å². The highest BCUT2D eigenvalue weighted by Crippen LogP contribution is 2.30. The van der Waals surface area contributed by atoms with Crippen molar-refractivity contribution >= 4 is 39.1 Å². The van der Waals surface area contributed by atoms with E-state index >= 15 is 0 Å². The van der Waals surface area contributed by atoms with Gasteiger partial charge in [0.15, 0.2) is 0 Å². The minimum atomic E-state index is -3.69. The number of fused-ring (bicyclic) bond motifs is 1. The van der Waals surface area contributed by atoms with Crippen LogP contribution in [0.3, 0.4) is 0 Å². The van der Waals surface area contributed by atoms with Gasteiger partial charge in [-0.2, -0.15) is 4.31 Å². The minimum absolute atomic E-state index is 0.0218. The molecule has 166 valence electrons. The van der Waals surface area contributed by atoms with Crippen LogP contribution in [0, 0.1) is 10.1 Å². The van der Waals surface area contributed by atoms with Crippen molar-refractivity contribution in [3.63, 3.8) is 0 Å². The van der Waals surface area contributed by atoms with E-state index in [1.807, 2.05) is 0 Å². The van der Waals surface area contributed by atoms with Gasteiger partial charge in [0.2, 0.25) is 15.9 Å². The summed E-state index contributed by atoms with van der Waals surface area (Å²) in [6.45, 7) is 0.197. The molecule has 2 aromatic carbocycles. The number of carbonyl (C=O) groups is 3. The lowest BCUT2D eigenvalue weighted by molar-refractivity contribution is -0.385. The van der Waals surface area contributed by atoms with E-state index in [9.17, 15) is 32.9 Å². The van der Waals surface area contributed by atoms with E-state index in [2.05, 4.69) is 5.32 Å². The van der Waals surface area contributed by atoms with Gasteiger partial charge < -0.3 is 5.32 Å². The standard InChI is InChI=1S/C20H18N4O7S/c25-17(12-23-19(26)15-7-4-8-16(24(28)29)18(15)20(23)27)21-13-5-3-6-14(11-13)32(30,31)22-9-1-2-10-22/h3-8,11H,1-2,9-10,12H2,(H,21,25). The molecule has 11 nitrogen and oxygen atoms in total. The fraction of sp³-hybridized carbons (Fsp3) is 0.250. The van der Waals surface area contributed by atoms with E-state index in [0.29, 0.717) is 18.0 Å². The quantitative estimate of drug-likeness (QED) is 0.393. The zero-order valence-electron chi connectivity index (χ0n) is 16.7. The molecule has 0 aromatic heterocycles. The SMILES string of the molecule is O=C(CN1C(=O)c2cccc([N+](=O)[O-])c2C1=O)Nc1cccc(S(=O)(=O)N2CCCC2)c1. The third-order valence-electron chi connectivity index (χ3n) is 5.30. The van der Waals surface area contributed by atoms with Gasteiger partial charge in [-0.05, 0) is 37.1 Å². The second-order valence-corrected chi connectivity index (χ2v) is 9.28. The third-order valence-corrected chi connectivity index (χ3v) is 7.19. The van der Waals surface area contributed by atoms with Gasteiger partial charge in [0.25, 0.3) is 17.5 Å². The summed E-state index contributed by atoms with van der Waals surface area (Å²) in [6.07, 6.45) is 1.57. The second kappa shape index (κ2) is 8.13. The Morgan fingerprint density at radius 3 is 2.44 bits per heavy atom. The van der Waals surface area contributed by atoms with Gasteiger partial charge in [0.1, 0.15) is 12.1 Å². The molecule has 0 aliphatic carbocycles. The molecule has 1 fully saturated rings. The molecule has 0 saturated carbocycles. The van der Waals surface area contributed by atoms with Crippen molar-refractivity contribution in [1.82, 2.24) is 9.21 Å². The number of imide groups is 1. The first-order valence-electron chi connectivity index (χ1n) is 9.74. The molecule has 3 amide bonds. The summed E-state index contributed by atoms with van der Waals surface area (Å²) < 4.78 is 26.8. The Balaban J connectivity index is 1.50. The number of anilines is 1. The number of nitro groups is 1. The molecule has 0 unspecified atom stereocenters. The number of nitrogens with one attached hydrogen (secondary N) is 1. The lowest BCUT2D eigenvalue weighted by Crippen LogP contribution is -2.37. The summed E-state index contributed by atoms with van der Waals surface area (Å²) in [4.78, 5) is 48.7. The molecule has 0 atom stereocenters. The van der Waals surface area contributed by atoms with E-state index in [1.165, 1.54) is 40.7 Å². The number of nitrogens with zero attached hydrogens (tertiary/aromatic N) is 3. The minimum Gasteiger partial charge on any atom is -0.324 e. The lowest BCUT2D eigenvalue weighted by atomic mass is 10.1. The van der Waals surface area contributed by atoms with Crippen LogP contribution in [0.4, 0.5) is 11.4 Å². The summed E-state index contributed by atoms with van der Waals surface area (Å²) in [5.74, 6) is -2.50. The predicted molar refractivity (Wildman–Crippen MR) is 112 cm³/mol. The highest BCUT2D eigenvalue weighted by Gasteiger charge is 2.41. The van der Waals surface area contributed by atoms with Crippen molar-refractivity contribution in [2.75, 3.05) is 25.0 Å². The molecule has 0 spiro atoms. The molecule has 0 bridgehead atoms. The Morgan fingerprint density at radius 2 is 1.75 bits per heavy atom. The van der Waals surface area contributed by atoms with Gasteiger partial charge in [-0.15, -0.1) is 0 Å². The summed E-state index contributed by atoms with van der Waals surface area (Å²) in [5, 5.41) is 13.7. The zero-order chi connectivity index (χ0) is 23.0. The molecule has 2 aliphatic rings. The smallest absolute Gasteiger partial charge is 0.282 e. The Labute approximate surface area is 182 Å². The summed E-state index contributed by atoms with van der Waals surface area (Å²) in [6, 6.07) is 9.37. The lowest BCUT2D eigenvalue weighted by Gasteiger charge is -2.17. The van der Waals surface area contributed by atoms with Crippen LogP contribution in [-0.2, 0) is 14.8 Å². The largest absolute Gasteiger partial charge is 0.324 e. The second-order valence-electron chi connectivity index (χ2n) is 7.34. The Hall–Kier alpha value is -3.64. The number of hydrogen-bond acceptors (Lipinski definition) is 7. The van der Waals surface area contributed by atoms with Crippen molar-refractivity contribution < 1.29 is 27.7 Å². The number of sulfonamides is 1. The maximum Gasteiger partial charge on any atom is 0.282 e. The van der Waals surface area contributed by atoms with E-state index in [-0.39, 0.29) is 21.7 Å². The number of amides is 3. The molecule has 32 heavy (non-hydrogen) atoms. The Kier molecular flexibility index (Phi) is 5.48. The first-order valence-corrected chi connectivity index (χ1v) is 11.2. The van der Waals surface area contributed by atoms with Crippen LogP contribution in [0.2, 0.25) is 0 Å². The topological polar surface area (TPSA) is 147 Å². The molecule has 2 heterocycles. The summed E-state index contributed by atoms with van der Waals surface area (Å²) >= 11 is 0. The van der Waals surface area contributed by atoms with E-state index < -0.39 is 44.9 Å². The van der Waals surface area contributed by atoms with Crippen LogP contribution in [-0.4, -0.2) is 59.9 Å². The van der Waals surface area contributed by atoms with E-state index in [0.717, 1.165) is 18.9 Å². The average Bonchev–Trinajstić information content (AvgIpc) is 3.38. The molecular formula is C20H18N4O7S. The molecular weight excluding hydrogens is 440 g/mol.